The van der Waals surface area contributed by atoms with Crippen molar-refractivity contribution < 1.29 is 22.7 Å². The van der Waals surface area contributed by atoms with E-state index in [1.165, 1.54) is 16.1 Å². The zero-order valence-electron chi connectivity index (χ0n) is 18.4. The second-order valence-electron chi connectivity index (χ2n) is 8.49. The van der Waals surface area contributed by atoms with E-state index in [2.05, 4.69) is 24.3 Å². The number of rotatable bonds is 8. The van der Waals surface area contributed by atoms with Crippen molar-refractivity contribution >= 4 is 21.6 Å². The van der Waals surface area contributed by atoms with E-state index in [4.69, 9.17) is 9.47 Å². The van der Waals surface area contributed by atoms with Gasteiger partial charge in [0.15, 0.2) is 11.5 Å². The normalized spacial score (nSPS) is 16.2. The largest absolute Gasteiger partial charge is 0.454 e. The Morgan fingerprint density at radius 3 is 2.50 bits per heavy atom. The number of carbonyl (C=O) groups excluding carboxylic acids is 1. The molecule has 4 rings (SSSR count). The Labute approximate surface area is 190 Å². The number of benzene rings is 2. The van der Waals surface area contributed by atoms with Crippen LogP contribution in [-0.2, 0) is 21.2 Å². The molecule has 0 saturated carbocycles. The maximum Gasteiger partial charge on any atom is 0.232 e. The van der Waals surface area contributed by atoms with Gasteiger partial charge in [0.05, 0.1) is 11.9 Å². The number of carbonyl (C=O) groups is 1. The van der Waals surface area contributed by atoms with E-state index in [1.807, 2.05) is 11.0 Å². The van der Waals surface area contributed by atoms with Crippen molar-refractivity contribution in [2.75, 3.05) is 37.0 Å². The first-order valence-corrected chi connectivity index (χ1v) is 12.9. The van der Waals surface area contributed by atoms with Gasteiger partial charge in [0.2, 0.25) is 22.7 Å². The first-order valence-electron chi connectivity index (χ1n) is 11.1. The molecule has 0 atom stereocenters. The van der Waals surface area contributed by atoms with Crippen molar-refractivity contribution in [3.63, 3.8) is 0 Å². The highest BCUT2D eigenvalue weighted by Gasteiger charge is 2.24. The molecule has 0 spiro atoms. The predicted molar refractivity (Wildman–Crippen MR) is 123 cm³/mol. The molecule has 2 heterocycles. The van der Waals surface area contributed by atoms with E-state index in [-0.39, 0.29) is 19.2 Å². The molecule has 1 fully saturated rings. The van der Waals surface area contributed by atoms with Gasteiger partial charge in [-0.25, -0.2) is 8.42 Å². The summed E-state index contributed by atoms with van der Waals surface area (Å²) in [6.45, 7) is 1.92. The Morgan fingerprint density at radius 1 is 1.06 bits per heavy atom. The molecule has 2 aromatic carbocycles. The van der Waals surface area contributed by atoms with Crippen molar-refractivity contribution in [1.29, 1.82) is 0 Å². The van der Waals surface area contributed by atoms with Gasteiger partial charge in [0, 0.05) is 32.1 Å². The zero-order chi connectivity index (χ0) is 22.6. The van der Waals surface area contributed by atoms with Crippen LogP contribution in [0.25, 0.3) is 0 Å². The Balaban J connectivity index is 1.27. The number of amides is 1. The zero-order valence-corrected chi connectivity index (χ0v) is 19.2. The molecule has 32 heavy (non-hydrogen) atoms. The molecule has 2 aliphatic rings. The monoisotopic (exact) mass is 458 g/mol. The van der Waals surface area contributed by atoms with Gasteiger partial charge in [-0.3, -0.25) is 9.10 Å². The van der Waals surface area contributed by atoms with E-state index in [9.17, 15) is 13.2 Å². The van der Waals surface area contributed by atoms with Crippen molar-refractivity contribution in [3.8, 4) is 11.5 Å². The number of sulfonamides is 1. The van der Waals surface area contributed by atoms with Crippen molar-refractivity contribution in [1.82, 2.24) is 4.90 Å². The number of piperidine rings is 1. The summed E-state index contributed by atoms with van der Waals surface area (Å²) in [5.74, 6) is 1.84. The van der Waals surface area contributed by atoms with E-state index in [0.717, 1.165) is 32.4 Å². The van der Waals surface area contributed by atoms with Crippen LogP contribution in [0.2, 0.25) is 0 Å². The van der Waals surface area contributed by atoms with Crippen LogP contribution in [0.15, 0.2) is 48.5 Å². The summed E-state index contributed by atoms with van der Waals surface area (Å²) in [6.07, 6.45) is 5.05. The molecule has 0 unspecified atom stereocenters. The van der Waals surface area contributed by atoms with Crippen molar-refractivity contribution in [2.24, 2.45) is 5.92 Å². The molecule has 0 aromatic heterocycles. The summed E-state index contributed by atoms with van der Waals surface area (Å²) in [6, 6.07) is 15.6. The summed E-state index contributed by atoms with van der Waals surface area (Å²) in [7, 11) is -3.48. The summed E-state index contributed by atoms with van der Waals surface area (Å²) < 4.78 is 36.7. The van der Waals surface area contributed by atoms with Gasteiger partial charge < -0.3 is 14.4 Å². The fraction of sp³-hybridized carbons (Fsp3) is 0.458. The van der Waals surface area contributed by atoms with E-state index >= 15 is 0 Å². The SMILES string of the molecule is CS(=O)(=O)N(CCCC(=O)N1CCC(Cc2ccccc2)CC1)c1ccc2c(c1)OCO2. The molecule has 0 aliphatic carbocycles. The minimum absolute atomic E-state index is 0.0994. The average Bonchev–Trinajstić information content (AvgIpc) is 3.25. The number of anilines is 1. The molecule has 8 heteroatoms. The van der Waals surface area contributed by atoms with Gasteiger partial charge >= 0.3 is 0 Å². The lowest BCUT2D eigenvalue weighted by Gasteiger charge is -2.32. The molecule has 172 valence electrons. The minimum atomic E-state index is -3.48. The number of hydrogen-bond acceptors (Lipinski definition) is 5. The third kappa shape index (κ3) is 5.54. The molecule has 7 nitrogen and oxygen atoms in total. The van der Waals surface area contributed by atoms with Crippen LogP contribution >= 0.6 is 0 Å². The molecule has 0 radical (unpaired) electrons. The smallest absolute Gasteiger partial charge is 0.232 e. The standard InChI is InChI=1S/C24H30N2O5S/c1-32(28,29)26(21-9-10-22-23(17-21)31-18-30-22)13-5-8-24(27)25-14-11-20(12-15-25)16-19-6-3-2-4-7-19/h2-4,6-7,9-10,17,20H,5,8,11-16,18H2,1H3. The van der Waals surface area contributed by atoms with Crippen LogP contribution in [-0.4, -0.2) is 51.9 Å². The minimum Gasteiger partial charge on any atom is -0.454 e. The first-order chi connectivity index (χ1) is 15.4. The topological polar surface area (TPSA) is 76.2 Å². The summed E-state index contributed by atoms with van der Waals surface area (Å²) in [4.78, 5) is 14.6. The third-order valence-electron chi connectivity index (χ3n) is 6.13. The number of fused-ring (bicyclic) bond motifs is 1. The number of nitrogens with zero attached hydrogens (tertiary/aromatic N) is 2. The second kappa shape index (κ2) is 9.81. The predicted octanol–water partition coefficient (Wildman–Crippen LogP) is 3.44. The molecule has 2 aliphatic heterocycles. The maximum absolute atomic E-state index is 12.7. The van der Waals surface area contributed by atoms with Crippen LogP contribution in [0.5, 0.6) is 11.5 Å². The quantitative estimate of drug-likeness (QED) is 0.606. The van der Waals surface area contributed by atoms with Gasteiger partial charge in [0.25, 0.3) is 0 Å². The Hall–Kier alpha value is -2.74. The van der Waals surface area contributed by atoms with E-state index in [0.29, 0.717) is 35.9 Å². The Bertz CT molecular complexity index is 1030. The fourth-order valence-corrected chi connectivity index (χ4v) is 5.35. The molecule has 0 N–H and O–H groups in total. The van der Waals surface area contributed by atoms with E-state index < -0.39 is 10.0 Å². The molecule has 2 aromatic rings. The lowest BCUT2D eigenvalue weighted by atomic mass is 9.90. The first kappa shape index (κ1) is 22.5. The summed E-state index contributed by atoms with van der Waals surface area (Å²) in [5, 5.41) is 0. The van der Waals surface area contributed by atoms with Gasteiger partial charge in [-0.05, 0) is 49.3 Å². The van der Waals surface area contributed by atoms with Crippen molar-refractivity contribution in [3.05, 3.63) is 54.1 Å². The number of ether oxygens (including phenoxy) is 2. The van der Waals surface area contributed by atoms with Crippen LogP contribution in [0.3, 0.4) is 0 Å². The van der Waals surface area contributed by atoms with E-state index in [1.54, 1.807) is 18.2 Å². The third-order valence-corrected chi connectivity index (χ3v) is 7.32. The molecule has 1 saturated heterocycles. The lowest BCUT2D eigenvalue weighted by molar-refractivity contribution is -0.132. The lowest BCUT2D eigenvalue weighted by Crippen LogP contribution is -2.39. The molecule has 0 bridgehead atoms. The Morgan fingerprint density at radius 2 is 1.78 bits per heavy atom. The number of hydrogen-bond donors (Lipinski definition) is 0. The fourth-order valence-electron chi connectivity index (χ4n) is 4.39. The summed E-state index contributed by atoms with van der Waals surface area (Å²) in [5.41, 5.74) is 1.87. The van der Waals surface area contributed by atoms with Crippen LogP contribution in [0.1, 0.15) is 31.2 Å². The van der Waals surface area contributed by atoms with Gasteiger partial charge in [-0.2, -0.15) is 0 Å². The van der Waals surface area contributed by atoms with Gasteiger partial charge in [-0.15, -0.1) is 0 Å². The molecule has 1 amide bonds. The Kier molecular flexibility index (Phi) is 6.89. The second-order valence-corrected chi connectivity index (χ2v) is 10.4. The molecular formula is C24H30N2O5S. The molecular weight excluding hydrogens is 428 g/mol. The average molecular weight is 459 g/mol. The highest BCUT2D eigenvalue weighted by atomic mass is 32.2. The van der Waals surface area contributed by atoms with Crippen molar-refractivity contribution in [2.45, 2.75) is 32.1 Å². The number of likely N-dealkylation sites (tertiary alicyclic amines) is 1. The van der Waals surface area contributed by atoms with Crippen LogP contribution < -0.4 is 13.8 Å². The van der Waals surface area contributed by atoms with Gasteiger partial charge in [0.1, 0.15) is 0 Å². The summed E-state index contributed by atoms with van der Waals surface area (Å²) >= 11 is 0. The highest BCUT2D eigenvalue weighted by Crippen LogP contribution is 2.36. The van der Waals surface area contributed by atoms with Crippen LogP contribution in [0.4, 0.5) is 5.69 Å². The maximum atomic E-state index is 12.7. The van der Waals surface area contributed by atoms with Crippen LogP contribution in [0, 0.1) is 5.92 Å². The van der Waals surface area contributed by atoms with Gasteiger partial charge in [-0.1, -0.05) is 30.3 Å². The highest BCUT2D eigenvalue weighted by molar-refractivity contribution is 7.92.